The van der Waals surface area contributed by atoms with E-state index in [0.29, 0.717) is 31.0 Å². The number of likely N-dealkylation sites (tertiary alicyclic amines) is 1. The number of methoxy groups -OCH3 is 1. The number of rotatable bonds is 9. The second-order valence-corrected chi connectivity index (χ2v) is 13.9. The van der Waals surface area contributed by atoms with Crippen LogP contribution in [-0.2, 0) is 24.9 Å². The van der Waals surface area contributed by atoms with Crippen LogP contribution in [0.2, 0.25) is 0 Å². The van der Waals surface area contributed by atoms with Gasteiger partial charge in [0.2, 0.25) is 0 Å². The molecule has 0 saturated carbocycles. The average molecular weight is 585 g/mol. The van der Waals surface area contributed by atoms with Crippen molar-refractivity contribution in [3.8, 4) is 5.75 Å². The van der Waals surface area contributed by atoms with Crippen LogP contribution in [0.15, 0.2) is 42.6 Å². The van der Waals surface area contributed by atoms with E-state index in [9.17, 15) is 9.36 Å². The Morgan fingerprint density at radius 2 is 1.73 bits per heavy atom. The summed E-state index contributed by atoms with van der Waals surface area (Å²) < 4.78 is 37.6. The maximum atomic E-state index is 13.3. The minimum absolute atomic E-state index is 0.167. The van der Waals surface area contributed by atoms with Gasteiger partial charge in [0.05, 0.1) is 31.1 Å². The number of hydrogen-bond acceptors (Lipinski definition) is 7. The summed E-state index contributed by atoms with van der Waals surface area (Å²) in [6.07, 6.45) is 3.49. The molecular formula is C32H45N2O6P. The number of aryl methyl sites for hydroxylation is 1. The van der Waals surface area contributed by atoms with E-state index in [4.69, 9.17) is 18.5 Å². The van der Waals surface area contributed by atoms with Crippen molar-refractivity contribution in [2.75, 3.05) is 26.9 Å². The highest BCUT2D eigenvalue weighted by atomic mass is 31.2. The Balaban J connectivity index is 1.70. The summed E-state index contributed by atoms with van der Waals surface area (Å²) in [6, 6.07) is 12.0. The lowest BCUT2D eigenvalue weighted by Gasteiger charge is -2.39. The monoisotopic (exact) mass is 584 g/mol. The molecule has 9 heteroatoms. The molecule has 41 heavy (non-hydrogen) atoms. The Hall–Kier alpha value is -2.64. The number of carbonyl (C=O) groups excluding carboxylic acids is 1. The average Bonchev–Trinajstić information content (AvgIpc) is 3.37. The molecule has 0 radical (unpaired) electrons. The van der Waals surface area contributed by atoms with Crippen LogP contribution in [0.1, 0.15) is 77.1 Å². The fraction of sp³-hybridized carbons (Fsp3) is 0.531. The second kappa shape index (κ2) is 12.7. The number of carbonyl (C=O) groups is 1. The Morgan fingerprint density at radius 3 is 2.32 bits per heavy atom. The van der Waals surface area contributed by atoms with E-state index in [0.717, 1.165) is 52.7 Å². The summed E-state index contributed by atoms with van der Waals surface area (Å²) in [5, 5.41) is 1.56. The summed E-state index contributed by atoms with van der Waals surface area (Å²) in [5.41, 5.74) is 3.40. The Kier molecular flexibility index (Phi) is 9.70. The smallest absolute Gasteiger partial charge is 0.419 e. The van der Waals surface area contributed by atoms with Gasteiger partial charge in [-0.2, -0.15) is 0 Å². The van der Waals surface area contributed by atoms with E-state index >= 15 is 0 Å². The molecule has 0 bridgehead atoms. The van der Waals surface area contributed by atoms with Gasteiger partial charge in [-0.3, -0.25) is 14.0 Å². The van der Waals surface area contributed by atoms with Crippen molar-refractivity contribution in [1.82, 2.24) is 9.47 Å². The molecule has 0 aliphatic carbocycles. The molecular weight excluding hydrogens is 539 g/mol. The molecule has 0 N–H and O–H groups in total. The van der Waals surface area contributed by atoms with E-state index in [1.165, 1.54) is 0 Å². The number of benzene rings is 2. The first-order valence-electron chi connectivity index (χ1n) is 14.5. The number of aromatic nitrogens is 1. The maximum Gasteiger partial charge on any atom is 0.419 e. The standard InChI is InChI=1S/C32H45N2O6P/c1-9-38-41(36,39-10-2)25-13-11-24(12-14-25)28-19-22(3)15-17-33(28)21-27-26-16-18-34(31(35)40-32(5,6)7)30(26)23(4)20-29(27)37-8/h11-14,16,18,20,22,28H,9-10,15,17,19,21H2,1-8H3/t22-,28+/m1/s1. The molecule has 8 nitrogen and oxygen atoms in total. The van der Waals surface area contributed by atoms with Crippen LogP contribution in [0.4, 0.5) is 4.79 Å². The number of nitrogens with zero attached hydrogens (tertiary/aromatic N) is 2. The summed E-state index contributed by atoms with van der Waals surface area (Å²) in [5.74, 6) is 1.38. The number of ether oxygens (including phenoxy) is 2. The SMILES string of the molecule is CCOP(=O)(OCC)c1ccc([C@@H]2C[C@H](C)CCN2Cc2c(OC)cc(C)c3c2ccn3C(=O)OC(C)(C)C)cc1. The van der Waals surface area contributed by atoms with E-state index in [1.54, 1.807) is 17.9 Å². The summed E-state index contributed by atoms with van der Waals surface area (Å²) in [4.78, 5) is 15.5. The largest absolute Gasteiger partial charge is 0.496 e. The molecule has 1 aromatic heterocycles. The van der Waals surface area contributed by atoms with Crippen molar-refractivity contribution in [2.45, 2.75) is 79.5 Å². The lowest BCUT2D eigenvalue weighted by Crippen LogP contribution is -2.36. The Morgan fingerprint density at radius 1 is 1.07 bits per heavy atom. The molecule has 1 saturated heterocycles. The van der Waals surface area contributed by atoms with Crippen LogP contribution < -0.4 is 10.0 Å². The van der Waals surface area contributed by atoms with E-state index in [2.05, 4.69) is 24.0 Å². The predicted octanol–water partition coefficient (Wildman–Crippen LogP) is 7.61. The van der Waals surface area contributed by atoms with Gasteiger partial charge in [0.1, 0.15) is 11.4 Å². The second-order valence-electron chi connectivity index (χ2n) is 11.8. The molecule has 1 fully saturated rings. The van der Waals surface area contributed by atoms with Gasteiger partial charge < -0.3 is 18.5 Å². The first kappa shape index (κ1) is 31.3. The molecule has 4 rings (SSSR count). The molecule has 224 valence electrons. The zero-order valence-electron chi connectivity index (χ0n) is 25.7. The zero-order valence-corrected chi connectivity index (χ0v) is 26.6. The summed E-state index contributed by atoms with van der Waals surface area (Å²) in [7, 11) is -1.65. The Bertz CT molecular complexity index is 1400. The lowest BCUT2D eigenvalue weighted by molar-refractivity contribution is 0.0544. The van der Waals surface area contributed by atoms with Crippen molar-refractivity contribution in [3.05, 3.63) is 59.3 Å². The third-order valence-electron chi connectivity index (χ3n) is 7.57. The highest BCUT2D eigenvalue weighted by Gasteiger charge is 2.31. The minimum Gasteiger partial charge on any atom is -0.496 e. The highest BCUT2D eigenvalue weighted by Crippen LogP contribution is 2.47. The van der Waals surface area contributed by atoms with Crippen molar-refractivity contribution >= 4 is 29.9 Å². The van der Waals surface area contributed by atoms with Crippen LogP contribution in [-0.4, -0.2) is 48.0 Å². The molecule has 0 unspecified atom stereocenters. The van der Waals surface area contributed by atoms with Crippen molar-refractivity contribution < 1.29 is 27.9 Å². The van der Waals surface area contributed by atoms with Crippen LogP contribution in [0.5, 0.6) is 5.75 Å². The third kappa shape index (κ3) is 6.89. The quantitative estimate of drug-likeness (QED) is 0.240. The molecule has 2 atom stereocenters. The van der Waals surface area contributed by atoms with Gasteiger partial charge >= 0.3 is 13.7 Å². The fourth-order valence-corrected chi connectivity index (χ4v) is 7.27. The van der Waals surface area contributed by atoms with Crippen LogP contribution in [0, 0.1) is 12.8 Å². The molecule has 2 aromatic carbocycles. The normalized spacial score (nSPS) is 18.5. The van der Waals surface area contributed by atoms with Gasteiger partial charge in [0.15, 0.2) is 0 Å². The summed E-state index contributed by atoms with van der Waals surface area (Å²) >= 11 is 0. The molecule has 0 spiro atoms. The minimum atomic E-state index is -3.35. The molecule has 3 aromatic rings. The van der Waals surface area contributed by atoms with Crippen molar-refractivity contribution in [2.24, 2.45) is 5.92 Å². The number of hydrogen-bond donors (Lipinski definition) is 0. The molecule has 2 heterocycles. The fourth-order valence-electron chi connectivity index (χ4n) is 5.71. The van der Waals surface area contributed by atoms with Crippen LogP contribution >= 0.6 is 7.60 Å². The van der Waals surface area contributed by atoms with Gasteiger partial charge in [-0.25, -0.2) is 4.79 Å². The molecule has 1 aliphatic rings. The maximum absolute atomic E-state index is 13.3. The summed E-state index contributed by atoms with van der Waals surface area (Å²) in [6.45, 7) is 15.7. The first-order chi connectivity index (χ1) is 19.4. The molecule has 0 amide bonds. The van der Waals surface area contributed by atoms with Gasteiger partial charge in [-0.15, -0.1) is 0 Å². The van der Waals surface area contributed by atoms with Gasteiger partial charge in [0.25, 0.3) is 0 Å². The van der Waals surface area contributed by atoms with Gasteiger partial charge in [0, 0.05) is 29.7 Å². The van der Waals surface area contributed by atoms with Crippen LogP contribution in [0.25, 0.3) is 10.9 Å². The predicted molar refractivity (Wildman–Crippen MR) is 163 cm³/mol. The lowest BCUT2D eigenvalue weighted by atomic mass is 9.87. The Labute approximate surface area is 244 Å². The number of fused-ring (bicyclic) bond motifs is 1. The van der Waals surface area contributed by atoms with Crippen LogP contribution in [0.3, 0.4) is 0 Å². The van der Waals surface area contributed by atoms with Gasteiger partial charge in [-0.1, -0.05) is 19.1 Å². The zero-order chi connectivity index (χ0) is 29.9. The third-order valence-corrected chi connectivity index (χ3v) is 9.70. The van der Waals surface area contributed by atoms with E-state index < -0.39 is 19.3 Å². The first-order valence-corrected chi connectivity index (χ1v) is 16.1. The highest BCUT2D eigenvalue weighted by molar-refractivity contribution is 7.62. The topological polar surface area (TPSA) is 79.2 Å². The van der Waals surface area contributed by atoms with Crippen molar-refractivity contribution in [1.29, 1.82) is 0 Å². The molecule has 1 aliphatic heterocycles. The van der Waals surface area contributed by atoms with Gasteiger partial charge in [-0.05, 0) is 102 Å². The van der Waals surface area contributed by atoms with E-state index in [1.807, 2.05) is 65.8 Å². The van der Waals surface area contributed by atoms with Crippen molar-refractivity contribution in [3.63, 3.8) is 0 Å². The van der Waals surface area contributed by atoms with E-state index in [-0.39, 0.29) is 6.04 Å². The number of piperidine rings is 1.